The van der Waals surface area contributed by atoms with E-state index in [1.54, 1.807) is 18.2 Å². The second kappa shape index (κ2) is 5.26. The minimum atomic E-state index is -2.99. The molecular formula is C11H11ClN2O2S2. The lowest BCUT2D eigenvalue weighted by atomic mass is 10.3. The van der Waals surface area contributed by atoms with Crippen molar-refractivity contribution in [3.8, 4) is 0 Å². The Morgan fingerprint density at radius 1 is 1.28 bits per heavy atom. The van der Waals surface area contributed by atoms with Gasteiger partial charge in [-0.15, -0.1) is 0 Å². The van der Waals surface area contributed by atoms with Crippen molar-refractivity contribution in [3.63, 3.8) is 0 Å². The Morgan fingerprint density at radius 2 is 2.00 bits per heavy atom. The Bertz CT molecular complexity index is 611. The number of sulfone groups is 1. The second-order valence-electron chi connectivity index (χ2n) is 3.84. The summed E-state index contributed by atoms with van der Waals surface area (Å²) in [6, 6.07) is 7.17. The minimum Gasteiger partial charge on any atom is -0.335 e. The van der Waals surface area contributed by atoms with Gasteiger partial charge < -0.3 is 10.6 Å². The fourth-order valence-electron chi connectivity index (χ4n) is 1.53. The summed E-state index contributed by atoms with van der Waals surface area (Å²) in [5, 5.41) is 6.65. The molecule has 0 fully saturated rings. The first-order valence-electron chi connectivity index (χ1n) is 5.18. The maximum absolute atomic E-state index is 11.3. The third-order valence-corrected chi connectivity index (χ3v) is 4.31. The van der Waals surface area contributed by atoms with E-state index in [1.165, 1.54) is 0 Å². The van der Waals surface area contributed by atoms with Crippen LogP contribution in [0.4, 0.5) is 5.69 Å². The summed E-state index contributed by atoms with van der Waals surface area (Å²) >= 11 is 11.1. The number of thiocarbonyl (C=S) groups is 1. The van der Waals surface area contributed by atoms with Gasteiger partial charge in [0.2, 0.25) is 0 Å². The average Bonchev–Trinajstić information content (AvgIpc) is 2.61. The van der Waals surface area contributed by atoms with E-state index in [0.717, 1.165) is 0 Å². The van der Waals surface area contributed by atoms with Crippen LogP contribution in [0.2, 0.25) is 5.02 Å². The fraction of sp³-hybridized carbons (Fsp3) is 0.182. The van der Waals surface area contributed by atoms with Crippen molar-refractivity contribution >= 4 is 44.5 Å². The van der Waals surface area contributed by atoms with Gasteiger partial charge in [-0.05, 0) is 30.4 Å². The number of anilines is 1. The van der Waals surface area contributed by atoms with Crippen LogP contribution < -0.4 is 10.6 Å². The molecule has 0 bridgehead atoms. The predicted octanol–water partition coefficient (Wildman–Crippen LogP) is 1.94. The molecule has 0 saturated heterocycles. The summed E-state index contributed by atoms with van der Waals surface area (Å²) in [5.74, 6) is 0.0569. The van der Waals surface area contributed by atoms with E-state index in [0.29, 0.717) is 21.5 Å². The summed E-state index contributed by atoms with van der Waals surface area (Å²) in [6.07, 6.45) is 1.62. The number of halogens is 1. The molecule has 0 aromatic heterocycles. The molecule has 1 aromatic carbocycles. The summed E-state index contributed by atoms with van der Waals surface area (Å²) in [6.45, 7) is 0. The van der Waals surface area contributed by atoms with Crippen LogP contribution in [0, 0.1) is 0 Å². The van der Waals surface area contributed by atoms with Crippen molar-refractivity contribution in [2.24, 2.45) is 0 Å². The predicted molar refractivity (Wildman–Crippen MR) is 77.5 cm³/mol. The van der Waals surface area contributed by atoms with Gasteiger partial charge in [0.25, 0.3) is 0 Å². The third kappa shape index (κ3) is 3.44. The van der Waals surface area contributed by atoms with Crippen LogP contribution in [0.15, 0.2) is 36.0 Å². The molecule has 0 unspecified atom stereocenters. The van der Waals surface area contributed by atoms with E-state index in [4.69, 9.17) is 23.8 Å². The molecule has 1 aliphatic rings. The molecule has 7 heteroatoms. The monoisotopic (exact) mass is 302 g/mol. The highest BCUT2D eigenvalue weighted by atomic mass is 35.5. The molecule has 18 heavy (non-hydrogen) atoms. The normalized spacial score (nSPS) is 17.1. The molecule has 0 spiro atoms. The van der Waals surface area contributed by atoms with Crippen molar-refractivity contribution in [2.75, 3.05) is 16.8 Å². The quantitative estimate of drug-likeness (QED) is 0.818. The smallest absolute Gasteiger partial charge is 0.175 e. The molecule has 1 aliphatic heterocycles. The van der Waals surface area contributed by atoms with Crippen LogP contribution in [0.5, 0.6) is 0 Å². The van der Waals surface area contributed by atoms with Crippen LogP contribution in [0.3, 0.4) is 0 Å². The van der Waals surface area contributed by atoms with Crippen molar-refractivity contribution in [3.05, 3.63) is 41.1 Å². The van der Waals surface area contributed by atoms with Gasteiger partial charge in [0.15, 0.2) is 14.9 Å². The van der Waals surface area contributed by atoms with Gasteiger partial charge >= 0.3 is 0 Å². The highest BCUT2D eigenvalue weighted by Crippen LogP contribution is 2.20. The summed E-state index contributed by atoms with van der Waals surface area (Å²) in [5.41, 5.74) is 1.28. The molecule has 96 valence electrons. The molecule has 0 aliphatic carbocycles. The first-order chi connectivity index (χ1) is 8.46. The van der Waals surface area contributed by atoms with E-state index in [1.807, 2.05) is 12.1 Å². The van der Waals surface area contributed by atoms with Crippen molar-refractivity contribution in [1.29, 1.82) is 0 Å². The molecule has 0 saturated carbocycles. The molecule has 2 rings (SSSR count). The van der Waals surface area contributed by atoms with E-state index in [-0.39, 0.29) is 11.5 Å². The lowest BCUT2D eigenvalue weighted by molar-refractivity contribution is 0.603. The average molecular weight is 303 g/mol. The van der Waals surface area contributed by atoms with Crippen molar-refractivity contribution in [2.45, 2.75) is 0 Å². The first-order valence-corrected chi connectivity index (χ1v) is 7.79. The lowest BCUT2D eigenvalue weighted by Crippen LogP contribution is -2.29. The Morgan fingerprint density at radius 3 is 2.61 bits per heavy atom. The van der Waals surface area contributed by atoms with Crippen molar-refractivity contribution in [1.82, 2.24) is 5.32 Å². The highest BCUT2D eigenvalue weighted by Gasteiger charge is 2.20. The molecule has 0 atom stereocenters. The topological polar surface area (TPSA) is 58.2 Å². The Balaban J connectivity index is 1.97. The van der Waals surface area contributed by atoms with E-state index in [9.17, 15) is 8.42 Å². The fourth-order valence-corrected chi connectivity index (χ4v) is 3.19. The number of nitrogens with one attached hydrogen (secondary N) is 2. The standard InChI is InChI=1S/C11H11ClN2O2S2/c12-9-3-1-2-4-10(9)14-11(17)13-8-5-6-18(15,16)7-8/h1-5H,6-7H2,(H2,13,14,17). The van der Waals surface area contributed by atoms with Gasteiger partial charge in [0.05, 0.1) is 22.2 Å². The van der Waals surface area contributed by atoms with Crippen LogP contribution in [-0.2, 0) is 9.84 Å². The van der Waals surface area contributed by atoms with E-state index in [2.05, 4.69) is 10.6 Å². The van der Waals surface area contributed by atoms with Crippen LogP contribution in [-0.4, -0.2) is 25.0 Å². The maximum atomic E-state index is 11.3. The van der Waals surface area contributed by atoms with Gasteiger partial charge in [-0.3, -0.25) is 0 Å². The molecule has 2 N–H and O–H groups in total. The number of para-hydroxylation sites is 1. The minimum absolute atomic E-state index is 0.00264. The number of rotatable bonds is 2. The van der Waals surface area contributed by atoms with Gasteiger partial charge in [0.1, 0.15) is 0 Å². The van der Waals surface area contributed by atoms with Gasteiger partial charge in [-0.25, -0.2) is 8.42 Å². The van der Waals surface area contributed by atoms with Gasteiger partial charge in [-0.1, -0.05) is 23.7 Å². The van der Waals surface area contributed by atoms with Gasteiger partial charge in [-0.2, -0.15) is 0 Å². The van der Waals surface area contributed by atoms with Gasteiger partial charge in [0, 0.05) is 5.70 Å². The zero-order valence-corrected chi connectivity index (χ0v) is 11.7. The molecule has 4 nitrogen and oxygen atoms in total. The summed E-state index contributed by atoms with van der Waals surface area (Å²) < 4.78 is 22.5. The highest BCUT2D eigenvalue weighted by molar-refractivity contribution is 7.92. The SMILES string of the molecule is O=S1(=O)CC=C(NC(=S)Nc2ccccc2Cl)C1. The molecular weight excluding hydrogens is 292 g/mol. The number of benzene rings is 1. The van der Waals surface area contributed by atoms with Crippen LogP contribution in [0.1, 0.15) is 0 Å². The van der Waals surface area contributed by atoms with Crippen molar-refractivity contribution < 1.29 is 8.42 Å². The zero-order valence-electron chi connectivity index (χ0n) is 9.31. The molecule has 1 aromatic rings. The van der Waals surface area contributed by atoms with Crippen LogP contribution in [0.25, 0.3) is 0 Å². The third-order valence-electron chi connectivity index (χ3n) is 2.36. The molecule has 0 radical (unpaired) electrons. The summed E-state index contributed by atoms with van der Waals surface area (Å²) in [4.78, 5) is 0. The number of hydrogen-bond donors (Lipinski definition) is 2. The summed E-state index contributed by atoms with van der Waals surface area (Å²) in [7, 11) is -2.99. The lowest BCUT2D eigenvalue weighted by Gasteiger charge is -2.11. The van der Waals surface area contributed by atoms with E-state index >= 15 is 0 Å². The molecule has 1 heterocycles. The largest absolute Gasteiger partial charge is 0.335 e. The maximum Gasteiger partial charge on any atom is 0.175 e. The Kier molecular flexibility index (Phi) is 3.89. The Labute approximate surface area is 116 Å². The zero-order chi connectivity index (χ0) is 13.2. The van der Waals surface area contributed by atoms with Crippen LogP contribution >= 0.6 is 23.8 Å². The first kappa shape index (κ1) is 13.3. The molecule has 0 amide bonds. The number of hydrogen-bond acceptors (Lipinski definition) is 3. The Hall–Kier alpha value is -1.11. The van der Waals surface area contributed by atoms with E-state index < -0.39 is 9.84 Å². The second-order valence-corrected chi connectivity index (χ2v) is 6.77.